The molecular formula is C7H12N2O3. The Bertz CT molecular complexity index is 193. The van der Waals surface area contributed by atoms with E-state index in [2.05, 4.69) is 4.74 Å². The zero-order valence-corrected chi connectivity index (χ0v) is 7.35. The molecule has 0 radical (unpaired) electrons. The van der Waals surface area contributed by atoms with Crippen molar-refractivity contribution in [1.29, 1.82) is 0 Å². The second-order valence-electron chi connectivity index (χ2n) is 2.53. The number of hydrogen-bond donors (Lipinski definition) is 0. The zero-order chi connectivity index (χ0) is 9.14. The molecule has 5 heteroatoms. The molecule has 1 rings (SSSR count). The van der Waals surface area contributed by atoms with E-state index in [0.29, 0.717) is 0 Å². The van der Waals surface area contributed by atoms with Gasteiger partial charge in [-0.05, 0) is 0 Å². The molecule has 0 atom stereocenters. The minimum absolute atomic E-state index is 0.391. The quantitative estimate of drug-likeness (QED) is 0.535. The Kier molecular flexibility index (Phi) is 2.42. The Hall–Kier alpha value is -1.39. The summed E-state index contributed by atoms with van der Waals surface area (Å²) in [6.45, 7) is 0. The lowest BCUT2D eigenvalue weighted by molar-refractivity contribution is -0.0644. The second kappa shape index (κ2) is 3.34. The summed E-state index contributed by atoms with van der Waals surface area (Å²) >= 11 is 0. The van der Waals surface area contributed by atoms with Gasteiger partial charge in [0.1, 0.15) is 0 Å². The van der Waals surface area contributed by atoms with Crippen LogP contribution in [0.4, 0.5) is 4.79 Å². The van der Waals surface area contributed by atoms with Gasteiger partial charge in [-0.25, -0.2) is 4.79 Å². The number of hydrogen-bond acceptors (Lipinski definition) is 5. The summed E-state index contributed by atoms with van der Waals surface area (Å²) < 4.78 is 9.28. The van der Waals surface area contributed by atoms with Crippen molar-refractivity contribution < 1.29 is 14.3 Å². The SMILES string of the molecule is COC(=O)OC1N(C)C=CN1C. The number of carbonyl (C=O) groups is 1. The van der Waals surface area contributed by atoms with Gasteiger partial charge in [0.25, 0.3) is 6.35 Å². The molecule has 0 amide bonds. The minimum Gasteiger partial charge on any atom is -0.438 e. The van der Waals surface area contributed by atoms with Crippen LogP contribution in [0.3, 0.4) is 0 Å². The van der Waals surface area contributed by atoms with E-state index in [0.717, 1.165) is 0 Å². The first kappa shape index (κ1) is 8.70. The van der Waals surface area contributed by atoms with E-state index in [1.807, 2.05) is 26.5 Å². The molecule has 0 saturated carbocycles. The maximum absolute atomic E-state index is 10.7. The fraction of sp³-hybridized carbons (Fsp3) is 0.571. The van der Waals surface area contributed by atoms with Crippen molar-refractivity contribution in [3.8, 4) is 0 Å². The Labute approximate surface area is 71.1 Å². The molecule has 1 heterocycles. The van der Waals surface area contributed by atoms with Crippen LogP contribution in [0.1, 0.15) is 0 Å². The number of rotatable bonds is 1. The lowest BCUT2D eigenvalue weighted by atomic mass is 10.8. The van der Waals surface area contributed by atoms with Crippen molar-refractivity contribution in [3.63, 3.8) is 0 Å². The average Bonchev–Trinajstić information content (AvgIpc) is 2.35. The second-order valence-corrected chi connectivity index (χ2v) is 2.53. The highest BCUT2D eigenvalue weighted by Crippen LogP contribution is 2.12. The van der Waals surface area contributed by atoms with Gasteiger partial charge in [0.05, 0.1) is 7.11 Å². The highest BCUT2D eigenvalue weighted by molar-refractivity contribution is 5.59. The maximum Gasteiger partial charge on any atom is 0.511 e. The Morgan fingerprint density at radius 1 is 1.33 bits per heavy atom. The highest BCUT2D eigenvalue weighted by atomic mass is 16.7. The normalized spacial score (nSPS) is 16.9. The van der Waals surface area contributed by atoms with Crippen LogP contribution >= 0.6 is 0 Å². The summed E-state index contributed by atoms with van der Waals surface area (Å²) in [7, 11) is 4.91. The largest absolute Gasteiger partial charge is 0.511 e. The van der Waals surface area contributed by atoms with Crippen LogP contribution in [0.2, 0.25) is 0 Å². The summed E-state index contributed by atoms with van der Waals surface area (Å²) in [5.74, 6) is 0. The third-order valence-electron chi connectivity index (χ3n) is 1.60. The van der Waals surface area contributed by atoms with E-state index in [1.54, 1.807) is 9.80 Å². The predicted octanol–water partition coefficient (Wildman–Crippen LogP) is 0.401. The third kappa shape index (κ3) is 1.61. The van der Waals surface area contributed by atoms with Crippen molar-refractivity contribution in [1.82, 2.24) is 9.80 Å². The van der Waals surface area contributed by atoms with Crippen molar-refractivity contribution in [3.05, 3.63) is 12.4 Å². The monoisotopic (exact) mass is 172 g/mol. The summed E-state index contributed by atoms with van der Waals surface area (Å²) in [5, 5.41) is 0. The topological polar surface area (TPSA) is 42.0 Å². The van der Waals surface area contributed by atoms with Crippen LogP contribution < -0.4 is 0 Å². The van der Waals surface area contributed by atoms with Crippen molar-refractivity contribution in [2.45, 2.75) is 6.35 Å². The van der Waals surface area contributed by atoms with Crippen LogP contribution in [-0.4, -0.2) is 43.5 Å². The molecule has 0 unspecified atom stereocenters. The molecule has 0 fully saturated rings. The summed E-state index contributed by atoms with van der Waals surface area (Å²) in [5.41, 5.74) is 0. The third-order valence-corrected chi connectivity index (χ3v) is 1.60. The van der Waals surface area contributed by atoms with Crippen molar-refractivity contribution in [2.75, 3.05) is 21.2 Å². The molecular weight excluding hydrogens is 160 g/mol. The Morgan fingerprint density at radius 3 is 2.25 bits per heavy atom. The van der Waals surface area contributed by atoms with Gasteiger partial charge >= 0.3 is 6.16 Å². The zero-order valence-electron chi connectivity index (χ0n) is 7.35. The molecule has 68 valence electrons. The first-order valence-corrected chi connectivity index (χ1v) is 3.52. The summed E-state index contributed by atoms with van der Waals surface area (Å²) in [6, 6.07) is 0. The number of nitrogens with zero attached hydrogens (tertiary/aromatic N) is 2. The van der Waals surface area contributed by atoms with Crippen LogP contribution in [0.15, 0.2) is 12.4 Å². The van der Waals surface area contributed by atoms with Gasteiger partial charge in [-0.15, -0.1) is 0 Å². The fourth-order valence-corrected chi connectivity index (χ4v) is 0.945. The van der Waals surface area contributed by atoms with Gasteiger partial charge in [0, 0.05) is 26.5 Å². The molecule has 1 aliphatic heterocycles. The van der Waals surface area contributed by atoms with Crippen LogP contribution in [-0.2, 0) is 9.47 Å². The molecule has 0 N–H and O–H groups in total. The molecule has 0 bridgehead atoms. The molecule has 0 aliphatic carbocycles. The molecule has 0 saturated heterocycles. The van der Waals surface area contributed by atoms with Gasteiger partial charge in [0.2, 0.25) is 0 Å². The molecule has 0 spiro atoms. The van der Waals surface area contributed by atoms with E-state index in [9.17, 15) is 4.79 Å². The number of methoxy groups -OCH3 is 1. The van der Waals surface area contributed by atoms with E-state index >= 15 is 0 Å². The molecule has 0 aromatic carbocycles. The Morgan fingerprint density at radius 2 is 1.83 bits per heavy atom. The van der Waals surface area contributed by atoms with E-state index in [1.165, 1.54) is 7.11 Å². The van der Waals surface area contributed by atoms with Crippen molar-refractivity contribution in [2.24, 2.45) is 0 Å². The van der Waals surface area contributed by atoms with E-state index in [-0.39, 0.29) is 0 Å². The lowest BCUT2D eigenvalue weighted by Crippen LogP contribution is -2.38. The van der Waals surface area contributed by atoms with Crippen molar-refractivity contribution >= 4 is 6.16 Å². The van der Waals surface area contributed by atoms with Crippen LogP contribution in [0.25, 0.3) is 0 Å². The molecule has 1 aliphatic rings. The van der Waals surface area contributed by atoms with Gasteiger partial charge in [-0.3, -0.25) is 0 Å². The van der Waals surface area contributed by atoms with Gasteiger partial charge < -0.3 is 19.3 Å². The highest BCUT2D eigenvalue weighted by Gasteiger charge is 2.24. The molecule has 5 nitrogen and oxygen atoms in total. The minimum atomic E-state index is -0.678. The lowest BCUT2D eigenvalue weighted by Gasteiger charge is -2.25. The van der Waals surface area contributed by atoms with E-state index < -0.39 is 12.5 Å². The molecule has 0 aromatic rings. The smallest absolute Gasteiger partial charge is 0.438 e. The predicted molar refractivity (Wildman–Crippen MR) is 41.9 cm³/mol. The van der Waals surface area contributed by atoms with Gasteiger partial charge in [-0.2, -0.15) is 0 Å². The standard InChI is InChI=1S/C7H12N2O3/c1-8-4-5-9(2)6(8)12-7(10)11-3/h4-6H,1-3H3. The average molecular weight is 172 g/mol. The number of ether oxygens (including phenoxy) is 2. The Balaban J connectivity index is 2.47. The number of carbonyl (C=O) groups excluding carboxylic acids is 1. The molecule has 12 heavy (non-hydrogen) atoms. The molecule has 0 aromatic heterocycles. The van der Waals surface area contributed by atoms with Gasteiger partial charge in [0.15, 0.2) is 0 Å². The summed E-state index contributed by atoms with van der Waals surface area (Å²) in [6.07, 6.45) is 2.56. The summed E-state index contributed by atoms with van der Waals surface area (Å²) in [4.78, 5) is 14.3. The van der Waals surface area contributed by atoms with Crippen LogP contribution in [0.5, 0.6) is 0 Å². The fourth-order valence-electron chi connectivity index (χ4n) is 0.945. The van der Waals surface area contributed by atoms with Crippen LogP contribution in [0, 0.1) is 0 Å². The first-order chi connectivity index (χ1) is 5.65. The van der Waals surface area contributed by atoms with E-state index in [4.69, 9.17) is 4.74 Å². The maximum atomic E-state index is 10.7. The first-order valence-electron chi connectivity index (χ1n) is 3.52. The van der Waals surface area contributed by atoms with Gasteiger partial charge in [-0.1, -0.05) is 0 Å².